The fourth-order valence-electron chi connectivity index (χ4n) is 0.956. The molecule has 2 aromatic heterocycles. The van der Waals surface area contributed by atoms with Crippen LogP contribution in [0.25, 0.3) is 10.7 Å². The van der Waals surface area contributed by atoms with Crippen LogP contribution in [0.2, 0.25) is 0 Å². The summed E-state index contributed by atoms with van der Waals surface area (Å²) in [5, 5.41) is 1.00. The van der Waals surface area contributed by atoms with Gasteiger partial charge in [-0.15, -0.1) is 11.3 Å². The Kier molecular flexibility index (Phi) is 1.94. The van der Waals surface area contributed by atoms with Crippen LogP contribution in [0.3, 0.4) is 0 Å². The fraction of sp³-hybridized carbons (Fsp3) is 0.125. The Hall–Kier alpha value is -1.49. The van der Waals surface area contributed by atoms with Crippen LogP contribution in [-0.4, -0.2) is 15.0 Å². The van der Waals surface area contributed by atoms with E-state index in [0.29, 0.717) is 11.6 Å². The number of hydrogen-bond donors (Lipinski definition) is 1. The summed E-state index contributed by atoms with van der Waals surface area (Å²) in [6.45, 7) is 1.94. The monoisotopic (exact) mass is 192 g/mol. The predicted octanol–water partition coefficient (Wildman–Crippen LogP) is 1.49. The number of anilines is 1. The molecule has 0 fully saturated rings. The number of nitrogens with two attached hydrogens (primary N) is 1. The van der Waals surface area contributed by atoms with Gasteiger partial charge in [0.1, 0.15) is 5.82 Å². The van der Waals surface area contributed by atoms with Gasteiger partial charge in [0.15, 0.2) is 5.82 Å². The second-order valence-electron chi connectivity index (χ2n) is 2.55. The lowest BCUT2D eigenvalue weighted by atomic mass is 10.5. The van der Waals surface area contributed by atoms with Crippen LogP contribution in [0, 0.1) is 6.92 Å². The third kappa shape index (κ3) is 1.65. The van der Waals surface area contributed by atoms with E-state index < -0.39 is 0 Å². The summed E-state index contributed by atoms with van der Waals surface area (Å²) in [7, 11) is 0. The molecule has 2 N–H and O–H groups in total. The minimum Gasteiger partial charge on any atom is -0.384 e. The van der Waals surface area contributed by atoms with E-state index >= 15 is 0 Å². The van der Waals surface area contributed by atoms with E-state index in [0.717, 1.165) is 9.88 Å². The molecule has 2 heterocycles. The van der Waals surface area contributed by atoms with E-state index in [1.165, 1.54) is 0 Å². The van der Waals surface area contributed by atoms with Gasteiger partial charge >= 0.3 is 0 Å². The van der Waals surface area contributed by atoms with Gasteiger partial charge < -0.3 is 5.73 Å². The van der Waals surface area contributed by atoms with Gasteiger partial charge in [-0.2, -0.15) is 0 Å². The van der Waals surface area contributed by atoms with Gasteiger partial charge in [-0.25, -0.2) is 15.0 Å². The number of hydrogen-bond acceptors (Lipinski definition) is 5. The van der Waals surface area contributed by atoms with Crippen molar-refractivity contribution in [2.75, 3.05) is 5.73 Å². The molecule has 0 aliphatic rings. The first-order valence-electron chi connectivity index (χ1n) is 3.77. The molecule has 0 bridgehead atoms. The zero-order chi connectivity index (χ0) is 9.26. The van der Waals surface area contributed by atoms with Crippen LogP contribution in [-0.2, 0) is 0 Å². The molecule has 0 radical (unpaired) electrons. The van der Waals surface area contributed by atoms with Gasteiger partial charge in [-0.1, -0.05) is 0 Å². The van der Waals surface area contributed by atoms with Crippen LogP contribution in [0.5, 0.6) is 0 Å². The van der Waals surface area contributed by atoms with Crippen molar-refractivity contribution in [2.45, 2.75) is 6.92 Å². The lowest BCUT2D eigenvalue weighted by molar-refractivity contribution is 1.19. The molecule has 4 nitrogen and oxygen atoms in total. The van der Waals surface area contributed by atoms with E-state index in [-0.39, 0.29) is 0 Å². The molecule has 0 aliphatic carbocycles. The van der Waals surface area contributed by atoms with Gasteiger partial charge in [0.2, 0.25) is 0 Å². The normalized spacial score (nSPS) is 10.2. The summed E-state index contributed by atoms with van der Waals surface area (Å²) >= 11 is 1.56. The van der Waals surface area contributed by atoms with E-state index in [1.54, 1.807) is 29.8 Å². The highest BCUT2D eigenvalue weighted by molar-refractivity contribution is 7.14. The number of nitrogens with zero attached hydrogens (tertiary/aromatic N) is 3. The zero-order valence-electron chi connectivity index (χ0n) is 7.06. The highest BCUT2D eigenvalue weighted by atomic mass is 32.1. The molecule has 2 rings (SSSR count). The molecule has 0 spiro atoms. The van der Waals surface area contributed by atoms with Crippen molar-refractivity contribution in [3.63, 3.8) is 0 Å². The lowest BCUT2D eigenvalue weighted by Crippen LogP contribution is -1.92. The first-order valence-corrected chi connectivity index (χ1v) is 4.58. The molecule has 2 aromatic rings. The maximum absolute atomic E-state index is 5.54. The SMILES string of the molecule is Cc1ncc(-c2nccc(N)n2)s1. The predicted molar refractivity (Wildman–Crippen MR) is 52.3 cm³/mol. The summed E-state index contributed by atoms with van der Waals surface area (Å²) in [4.78, 5) is 13.3. The van der Waals surface area contributed by atoms with E-state index in [2.05, 4.69) is 15.0 Å². The molecule has 0 amide bonds. The van der Waals surface area contributed by atoms with Crippen molar-refractivity contribution in [3.05, 3.63) is 23.5 Å². The van der Waals surface area contributed by atoms with Gasteiger partial charge in [0, 0.05) is 12.4 Å². The number of nitrogen functional groups attached to an aromatic ring is 1. The molecule has 13 heavy (non-hydrogen) atoms. The molecular weight excluding hydrogens is 184 g/mol. The number of thiazole rings is 1. The minimum atomic E-state index is 0.482. The third-order valence-corrected chi connectivity index (χ3v) is 2.43. The number of aromatic nitrogens is 3. The van der Waals surface area contributed by atoms with Crippen LogP contribution in [0.15, 0.2) is 18.5 Å². The second kappa shape index (κ2) is 3.10. The van der Waals surface area contributed by atoms with Crippen molar-refractivity contribution in [1.82, 2.24) is 15.0 Å². The third-order valence-electron chi connectivity index (χ3n) is 1.52. The zero-order valence-corrected chi connectivity index (χ0v) is 7.88. The quantitative estimate of drug-likeness (QED) is 0.743. The lowest BCUT2D eigenvalue weighted by Gasteiger charge is -1.94. The van der Waals surface area contributed by atoms with Crippen LogP contribution in [0.1, 0.15) is 5.01 Å². The van der Waals surface area contributed by atoms with Gasteiger partial charge in [0.25, 0.3) is 0 Å². The summed E-state index contributed by atoms with van der Waals surface area (Å²) < 4.78 is 0. The second-order valence-corrected chi connectivity index (χ2v) is 3.78. The summed E-state index contributed by atoms with van der Waals surface area (Å²) in [6.07, 6.45) is 3.40. The number of rotatable bonds is 1. The Balaban J connectivity index is 2.46. The smallest absolute Gasteiger partial charge is 0.173 e. The Bertz CT molecular complexity index is 424. The van der Waals surface area contributed by atoms with Crippen LogP contribution in [0.4, 0.5) is 5.82 Å². The Labute approximate surface area is 79.5 Å². The van der Waals surface area contributed by atoms with Crippen molar-refractivity contribution >= 4 is 17.2 Å². The highest BCUT2D eigenvalue weighted by Gasteiger charge is 2.04. The molecule has 66 valence electrons. The minimum absolute atomic E-state index is 0.482. The maximum atomic E-state index is 5.54. The van der Waals surface area contributed by atoms with E-state index in [9.17, 15) is 0 Å². The molecule has 0 aliphatic heterocycles. The van der Waals surface area contributed by atoms with Crippen molar-refractivity contribution in [3.8, 4) is 10.7 Å². The van der Waals surface area contributed by atoms with Crippen LogP contribution < -0.4 is 5.73 Å². The molecule has 0 atom stereocenters. The van der Waals surface area contributed by atoms with Crippen molar-refractivity contribution < 1.29 is 0 Å². The number of aryl methyl sites for hydroxylation is 1. The molecule has 0 unspecified atom stereocenters. The summed E-state index contributed by atoms with van der Waals surface area (Å²) in [5.41, 5.74) is 5.54. The van der Waals surface area contributed by atoms with E-state index in [4.69, 9.17) is 5.73 Å². The molecule has 5 heteroatoms. The molecule has 0 saturated carbocycles. The largest absolute Gasteiger partial charge is 0.384 e. The van der Waals surface area contributed by atoms with Crippen LogP contribution >= 0.6 is 11.3 Å². The van der Waals surface area contributed by atoms with Gasteiger partial charge in [-0.05, 0) is 13.0 Å². The average Bonchev–Trinajstić information content (AvgIpc) is 2.52. The summed E-state index contributed by atoms with van der Waals surface area (Å²) in [5.74, 6) is 1.13. The standard InChI is InChI=1S/C8H8N4S/c1-5-11-4-6(13-5)8-10-3-2-7(9)12-8/h2-4H,1H3,(H2,9,10,12). The van der Waals surface area contributed by atoms with Gasteiger partial charge in [0.05, 0.1) is 9.88 Å². The van der Waals surface area contributed by atoms with Gasteiger partial charge in [-0.3, -0.25) is 0 Å². The first kappa shape index (κ1) is 8.12. The molecular formula is C8H8N4S. The Morgan fingerprint density at radius 3 is 2.85 bits per heavy atom. The highest BCUT2D eigenvalue weighted by Crippen LogP contribution is 2.22. The van der Waals surface area contributed by atoms with E-state index in [1.807, 2.05) is 6.92 Å². The molecule has 0 saturated heterocycles. The topological polar surface area (TPSA) is 64.7 Å². The molecule has 0 aromatic carbocycles. The maximum Gasteiger partial charge on any atom is 0.173 e. The Morgan fingerprint density at radius 1 is 1.38 bits per heavy atom. The first-order chi connectivity index (χ1) is 6.25. The van der Waals surface area contributed by atoms with Crippen molar-refractivity contribution in [2.24, 2.45) is 0 Å². The Morgan fingerprint density at radius 2 is 2.23 bits per heavy atom. The average molecular weight is 192 g/mol. The summed E-state index contributed by atoms with van der Waals surface area (Å²) in [6, 6.07) is 1.66. The fourth-order valence-corrected chi connectivity index (χ4v) is 1.67. The van der Waals surface area contributed by atoms with Crippen molar-refractivity contribution in [1.29, 1.82) is 0 Å².